The molecule has 0 aliphatic rings. The number of rotatable bonds is 5. The number of hydrogen-bond donors (Lipinski definition) is 1. The van der Waals surface area contributed by atoms with Crippen LogP contribution >= 0.6 is 0 Å². The fourth-order valence-electron chi connectivity index (χ4n) is 1.72. The number of nitrogen functional groups attached to an aromatic ring is 1. The standard InChI is InChI=1S/C13H15FN4O2/c1-19-12-16-10(17-13(18-12)20-2)7-6-8-4-3-5-9(14)11(8)15/h3-5H,6-7,15H2,1-2H3. The highest BCUT2D eigenvalue weighted by Crippen LogP contribution is 2.18. The van der Waals surface area contributed by atoms with Crippen LogP contribution in [0.2, 0.25) is 0 Å². The van der Waals surface area contributed by atoms with E-state index < -0.39 is 5.82 Å². The van der Waals surface area contributed by atoms with E-state index in [2.05, 4.69) is 15.0 Å². The van der Waals surface area contributed by atoms with Gasteiger partial charge in [-0.25, -0.2) is 4.39 Å². The van der Waals surface area contributed by atoms with Crippen LogP contribution < -0.4 is 15.2 Å². The molecule has 1 aromatic carbocycles. The van der Waals surface area contributed by atoms with Crippen molar-refractivity contribution in [2.24, 2.45) is 0 Å². The van der Waals surface area contributed by atoms with Crippen LogP contribution in [0.3, 0.4) is 0 Å². The number of aryl methyl sites for hydroxylation is 2. The Hall–Kier alpha value is -2.44. The molecule has 0 unspecified atom stereocenters. The Bertz CT molecular complexity index is 585. The van der Waals surface area contributed by atoms with Gasteiger partial charge in [-0.1, -0.05) is 12.1 Å². The molecule has 0 radical (unpaired) electrons. The molecule has 0 fully saturated rings. The van der Waals surface area contributed by atoms with E-state index >= 15 is 0 Å². The number of methoxy groups -OCH3 is 2. The van der Waals surface area contributed by atoms with E-state index in [-0.39, 0.29) is 17.7 Å². The Kier molecular flexibility index (Phi) is 4.29. The molecule has 0 saturated heterocycles. The topological polar surface area (TPSA) is 83.2 Å². The number of nitrogens with zero attached hydrogens (tertiary/aromatic N) is 3. The highest BCUT2D eigenvalue weighted by molar-refractivity contribution is 5.48. The molecule has 0 aliphatic heterocycles. The molecule has 0 amide bonds. The van der Waals surface area contributed by atoms with E-state index in [0.29, 0.717) is 24.2 Å². The second-order valence-electron chi connectivity index (χ2n) is 4.04. The Morgan fingerprint density at radius 2 is 1.70 bits per heavy atom. The highest BCUT2D eigenvalue weighted by atomic mass is 19.1. The average molecular weight is 278 g/mol. The summed E-state index contributed by atoms with van der Waals surface area (Å²) in [7, 11) is 2.92. The predicted octanol–water partition coefficient (Wildman–Crippen LogP) is 1.40. The van der Waals surface area contributed by atoms with Crippen LogP contribution in [0.25, 0.3) is 0 Å². The zero-order valence-electron chi connectivity index (χ0n) is 11.3. The van der Waals surface area contributed by atoms with Crippen molar-refractivity contribution in [2.45, 2.75) is 12.8 Å². The summed E-state index contributed by atoms with van der Waals surface area (Å²) in [6.45, 7) is 0. The predicted molar refractivity (Wildman–Crippen MR) is 71.2 cm³/mol. The maximum atomic E-state index is 13.3. The van der Waals surface area contributed by atoms with Gasteiger partial charge in [0, 0.05) is 6.42 Å². The van der Waals surface area contributed by atoms with Gasteiger partial charge in [-0.3, -0.25) is 0 Å². The molecule has 0 saturated carbocycles. The van der Waals surface area contributed by atoms with Crippen LogP contribution in [0.4, 0.5) is 10.1 Å². The van der Waals surface area contributed by atoms with Crippen molar-refractivity contribution in [1.82, 2.24) is 15.0 Å². The van der Waals surface area contributed by atoms with Crippen LogP contribution in [0, 0.1) is 5.82 Å². The fraction of sp³-hybridized carbons (Fsp3) is 0.308. The number of hydrogen-bond acceptors (Lipinski definition) is 6. The number of nitrogens with two attached hydrogens (primary N) is 1. The summed E-state index contributed by atoms with van der Waals surface area (Å²) in [5, 5.41) is 0. The maximum Gasteiger partial charge on any atom is 0.322 e. The van der Waals surface area contributed by atoms with E-state index in [9.17, 15) is 4.39 Å². The molecule has 0 atom stereocenters. The lowest BCUT2D eigenvalue weighted by Gasteiger charge is -2.07. The Morgan fingerprint density at radius 3 is 2.30 bits per heavy atom. The summed E-state index contributed by atoms with van der Waals surface area (Å²) in [5.74, 6) is 0.0747. The molecule has 2 N–H and O–H groups in total. The van der Waals surface area contributed by atoms with Crippen LogP contribution in [0.5, 0.6) is 12.0 Å². The Balaban J connectivity index is 2.16. The quantitative estimate of drug-likeness (QED) is 0.832. The number of ether oxygens (including phenoxy) is 2. The van der Waals surface area contributed by atoms with Crippen LogP contribution in [0.15, 0.2) is 18.2 Å². The molecule has 0 aliphatic carbocycles. The minimum atomic E-state index is -0.423. The molecule has 0 spiro atoms. The van der Waals surface area contributed by atoms with Gasteiger partial charge in [-0.05, 0) is 18.1 Å². The molecule has 1 heterocycles. The van der Waals surface area contributed by atoms with Crippen LogP contribution in [-0.2, 0) is 12.8 Å². The first-order chi connectivity index (χ1) is 9.63. The van der Waals surface area contributed by atoms with Gasteiger partial charge in [0.15, 0.2) is 0 Å². The lowest BCUT2D eigenvalue weighted by Crippen LogP contribution is -2.06. The SMILES string of the molecule is COc1nc(CCc2cccc(F)c2N)nc(OC)n1. The van der Waals surface area contributed by atoms with Crippen molar-refractivity contribution in [3.63, 3.8) is 0 Å². The van der Waals surface area contributed by atoms with E-state index in [1.165, 1.54) is 20.3 Å². The van der Waals surface area contributed by atoms with Gasteiger partial charge < -0.3 is 15.2 Å². The molecular weight excluding hydrogens is 263 g/mol. The van der Waals surface area contributed by atoms with Gasteiger partial charge in [-0.2, -0.15) is 9.97 Å². The molecule has 1 aromatic heterocycles. The normalized spacial score (nSPS) is 10.3. The number of para-hydroxylation sites is 1. The molecule has 6 nitrogen and oxygen atoms in total. The smallest absolute Gasteiger partial charge is 0.322 e. The number of halogens is 1. The Labute approximate surface area is 115 Å². The van der Waals surface area contributed by atoms with Crippen molar-refractivity contribution < 1.29 is 13.9 Å². The number of benzene rings is 1. The summed E-state index contributed by atoms with van der Waals surface area (Å²) in [6, 6.07) is 5.08. The van der Waals surface area contributed by atoms with Gasteiger partial charge >= 0.3 is 12.0 Å². The van der Waals surface area contributed by atoms with Gasteiger partial charge in [0.05, 0.1) is 19.9 Å². The van der Waals surface area contributed by atoms with Gasteiger partial charge in [0.1, 0.15) is 11.6 Å². The van der Waals surface area contributed by atoms with Gasteiger partial charge in [0.2, 0.25) is 0 Å². The lowest BCUT2D eigenvalue weighted by atomic mass is 10.1. The third kappa shape index (κ3) is 3.11. The van der Waals surface area contributed by atoms with E-state index in [1.54, 1.807) is 12.1 Å². The lowest BCUT2D eigenvalue weighted by molar-refractivity contribution is 0.336. The van der Waals surface area contributed by atoms with Crippen molar-refractivity contribution in [3.05, 3.63) is 35.4 Å². The second kappa shape index (κ2) is 6.14. The minimum Gasteiger partial charge on any atom is -0.467 e. The Morgan fingerprint density at radius 1 is 1.05 bits per heavy atom. The minimum absolute atomic E-state index is 0.153. The fourth-order valence-corrected chi connectivity index (χ4v) is 1.72. The molecule has 2 aromatic rings. The summed E-state index contributed by atoms with van der Waals surface area (Å²) >= 11 is 0. The molecule has 106 valence electrons. The molecular formula is C13H15FN4O2. The third-order valence-corrected chi connectivity index (χ3v) is 2.77. The third-order valence-electron chi connectivity index (χ3n) is 2.77. The molecule has 0 bridgehead atoms. The van der Waals surface area contributed by atoms with Crippen molar-refractivity contribution in [3.8, 4) is 12.0 Å². The summed E-state index contributed by atoms with van der Waals surface area (Å²) in [4.78, 5) is 12.1. The van der Waals surface area contributed by atoms with E-state index in [4.69, 9.17) is 15.2 Å². The summed E-state index contributed by atoms with van der Waals surface area (Å²) in [6.07, 6.45) is 0.989. The average Bonchev–Trinajstić information content (AvgIpc) is 2.48. The van der Waals surface area contributed by atoms with Gasteiger partial charge in [0.25, 0.3) is 0 Å². The van der Waals surface area contributed by atoms with Crippen LogP contribution in [0.1, 0.15) is 11.4 Å². The first-order valence-electron chi connectivity index (χ1n) is 6.00. The van der Waals surface area contributed by atoms with Crippen LogP contribution in [-0.4, -0.2) is 29.2 Å². The molecule has 2 rings (SSSR count). The van der Waals surface area contributed by atoms with Gasteiger partial charge in [-0.15, -0.1) is 4.98 Å². The second-order valence-corrected chi connectivity index (χ2v) is 4.04. The maximum absolute atomic E-state index is 13.3. The monoisotopic (exact) mass is 278 g/mol. The summed E-state index contributed by atoms with van der Waals surface area (Å²) < 4.78 is 23.3. The highest BCUT2D eigenvalue weighted by Gasteiger charge is 2.09. The van der Waals surface area contributed by atoms with Crippen molar-refractivity contribution in [2.75, 3.05) is 20.0 Å². The molecule has 7 heteroatoms. The zero-order valence-corrected chi connectivity index (χ0v) is 11.3. The first-order valence-corrected chi connectivity index (χ1v) is 6.00. The van der Waals surface area contributed by atoms with Crippen molar-refractivity contribution >= 4 is 5.69 Å². The summed E-state index contributed by atoms with van der Waals surface area (Å²) in [5.41, 5.74) is 6.55. The number of aromatic nitrogens is 3. The van der Waals surface area contributed by atoms with Crippen molar-refractivity contribution in [1.29, 1.82) is 0 Å². The first kappa shape index (κ1) is 14.0. The largest absolute Gasteiger partial charge is 0.467 e. The molecule has 20 heavy (non-hydrogen) atoms. The van der Waals surface area contributed by atoms with E-state index in [1.807, 2.05) is 0 Å². The zero-order chi connectivity index (χ0) is 14.5. The number of anilines is 1. The van der Waals surface area contributed by atoms with E-state index in [0.717, 1.165) is 0 Å².